The van der Waals surface area contributed by atoms with Crippen molar-refractivity contribution in [3.8, 4) is 0 Å². The van der Waals surface area contributed by atoms with E-state index < -0.39 is 34.3 Å². The number of carbonyl (C=O) groups is 2. The number of anilines is 1. The second-order valence-electron chi connectivity index (χ2n) is 7.63. The van der Waals surface area contributed by atoms with E-state index in [9.17, 15) is 22.4 Å². The van der Waals surface area contributed by atoms with E-state index in [-0.39, 0.29) is 27.7 Å². The summed E-state index contributed by atoms with van der Waals surface area (Å²) >= 11 is 5.67. The minimum Gasteiger partial charge on any atom is -0.452 e. The van der Waals surface area contributed by atoms with Crippen LogP contribution in [0.1, 0.15) is 21.5 Å². The molecule has 0 aromatic heterocycles. The van der Waals surface area contributed by atoms with Crippen molar-refractivity contribution in [3.63, 3.8) is 0 Å². The van der Waals surface area contributed by atoms with Crippen LogP contribution in [0.3, 0.4) is 0 Å². The number of halogens is 2. The number of amides is 1. The van der Waals surface area contributed by atoms with Crippen LogP contribution < -0.4 is 5.32 Å². The Morgan fingerprint density at radius 3 is 2.44 bits per heavy atom. The van der Waals surface area contributed by atoms with Gasteiger partial charge in [-0.3, -0.25) is 4.79 Å². The lowest BCUT2D eigenvalue weighted by atomic mass is 10.0. The predicted octanol–water partition coefficient (Wildman–Crippen LogP) is 4.02. The molecule has 0 spiro atoms. The average molecular weight is 503 g/mol. The van der Waals surface area contributed by atoms with Crippen LogP contribution in [0.2, 0.25) is 5.02 Å². The van der Waals surface area contributed by atoms with Crippen molar-refractivity contribution in [2.75, 3.05) is 18.5 Å². The molecular weight excluding hydrogens is 483 g/mol. The van der Waals surface area contributed by atoms with Gasteiger partial charge >= 0.3 is 5.97 Å². The smallest absolute Gasteiger partial charge is 0.338 e. The summed E-state index contributed by atoms with van der Waals surface area (Å²) in [6, 6.07) is 16.8. The summed E-state index contributed by atoms with van der Waals surface area (Å²) in [6.45, 7) is 0.00618. The molecule has 0 fully saturated rings. The normalized spacial score (nSPS) is 13.7. The molecule has 1 amide bonds. The third-order valence-corrected chi connectivity index (χ3v) is 7.46. The molecule has 176 valence electrons. The number of fused-ring (bicyclic) bond motifs is 1. The van der Waals surface area contributed by atoms with Crippen molar-refractivity contribution in [1.82, 2.24) is 4.31 Å². The van der Waals surface area contributed by atoms with E-state index in [0.29, 0.717) is 13.0 Å². The fourth-order valence-electron chi connectivity index (χ4n) is 3.58. The highest BCUT2D eigenvalue weighted by molar-refractivity contribution is 7.89. The van der Waals surface area contributed by atoms with Gasteiger partial charge in [0.2, 0.25) is 10.0 Å². The van der Waals surface area contributed by atoms with Crippen LogP contribution >= 0.6 is 11.6 Å². The Hall–Kier alpha value is -3.27. The number of esters is 1. The first-order valence-electron chi connectivity index (χ1n) is 10.3. The van der Waals surface area contributed by atoms with Gasteiger partial charge in [-0.05, 0) is 60.0 Å². The number of nitrogens with one attached hydrogen (secondary N) is 1. The third kappa shape index (κ3) is 5.27. The summed E-state index contributed by atoms with van der Waals surface area (Å²) < 4.78 is 46.2. The number of hydrogen-bond acceptors (Lipinski definition) is 5. The monoisotopic (exact) mass is 502 g/mol. The summed E-state index contributed by atoms with van der Waals surface area (Å²) in [5.41, 5.74) is 2.08. The lowest BCUT2D eigenvalue weighted by Gasteiger charge is -2.28. The maximum absolute atomic E-state index is 13.8. The van der Waals surface area contributed by atoms with Crippen LogP contribution in [0.5, 0.6) is 0 Å². The van der Waals surface area contributed by atoms with E-state index in [1.165, 1.54) is 40.7 Å². The lowest BCUT2D eigenvalue weighted by Crippen LogP contribution is -2.35. The number of ether oxygens (including phenoxy) is 1. The van der Waals surface area contributed by atoms with Crippen molar-refractivity contribution < 1.29 is 27.1 Å². The van der Waals surface area contributed by atoms with Crippen LogP contribution in [0.15, 0.2) is 71.6 Å². The minimum atomic E-state index is -3.74. The summed E-state index contributed by atoms with van der Waals surface area (Å²) in [6.07, 6.45) is 0.627. The van der Waals surface area contributed by atoms with Crippen molar-refractivity contribution in [3.05, 3.63) is 94.3 Å². The van der Waals surface area contributed by atoms with Crippen LogP contribution in [-0.4, -0.2) is 37.8 Å². The van der Waals surface area contributed by atoms with Crippen molar-refractivity contribution >= 4 is 39.2 Å². The second-order valence-corrected chi connectivity index (χ2v) is 10.0. The first-order chi connectivity index (χ1) is 16.2. The highest BCUT2D eigenvalue weighted by Crippen LogP contribution is 2.25. The molecule has 1 aliphatic rings. The molecular formula is C24H20ClFN2O5S. The van der Waals surface area contributed by atoms with E-state index in [0.717, 1.165) is 17.2 Å². The number of nitrogens with zero attached hydrogens (tertiary/aromatic N) is 1. The molecule has 3 aromatic carbocycles. The minimum absolute atomic E-state index is 0.0550. The van der Waals surface area contributed by atoms with Gasteiger partial charge in [0.1, 0.15) is 5.82 Å². The highest BCUT2D eigenvalue weighted by Gasteiger charge is 2.28. The Kier molecular flexibility index (Phi) is 6.97. The van der Waals surface area contributed by atoms with Crippen molar-refractivity contribution in [2.24, 2.45) is 0 Å². The number of rotatable bonds is 6. The molecule has 0 saturated carbocycles. The maximum atomic E-state index is 13.8. The molecule has 0 bridgehead atoms. The fourth-order valence-corrected chi connectivity index (χ4v) is 5.16. The van der Waals surface area contributed by atoms with E-state index in [2.05, 4.69) is 5.32 Å². The first-order valence-corrected chi connectivity index (χ1v) is 12.1. The molecule has 0 atom stereocenters. The summed E-state index contributed by atoms with van der Waals surface area (Å²) in [7, 11) is -3.74. The molecule has 1 N–H and O–H groups in total. The molecule has 10 heteroatoms. The molecule has 3 aromatic rings. The number of hydrogen-bond donors (Lipinski definition) is 1. The Morgan fingerprint density at radius 1 is 1.03 bits per heavy atom. The zero-order chi connectivity index (χ0) is 24.3. The molecule has 0 saturated heterocycles. The largest absolute Gasteiger partial charge is 0.452 e. The van der Waals surface area contributed by atoms with E-state index >= 15 is 0 Å². The predicted molar refractivity (Wildman–Crippen MR) is 125 cm³/mol. The zero-order valence-corrected chi connectivity index (χ0v) is 19.4. The van der Waals surface area contributed by atoms with Crippen molar-refractivity contribution in [1.29, 1.82) is 0 Å². The molecule has 7 nitrogen and oxygen atoms in total. The molecule has 34 heavy (non-hydrogen) atoms. The van der Waals surface area contributed by atoms with Gasteiger partial charge in [-0.15, -0.1) is 0 Å². The topological polar surface area (TPSA) is 92.8 Å². The SMILES string of the molecule is O=C(COC(=O)c1ccc(S(=O)(=O)N2CCc3ccccc3C2)cc1)Nc1ccc(Cl)cc1F. The number of sulfonamides is 1. The van der Waals surface area contributed by atoms with E-state index in [1.54, 1.807) is 0 Å². The van der Waals surface area contributed by atoms with Crippen LogP contribution in [0, 0.1) is 5.82 Å². The molecule has 1 aliphatic heterocycles. The van der Waals surface area contributed by atoms with Crippen LogP contribution in [0.25, 0.3) is 0 Å². The summed E-state index contributed by atoms with van der Waals surface area (Å²) in [5.74, 6) is -2.28. The fraction of sp³-hybridized carbons (Fsp3) is 0.167. The number of benzene rings is 3. The van der Waals surface area contributed by atoms with E-state index in [1.807, 2.05) is 24.3 Å². The maximum Gasteiger partial charge on any atom is 0.338 e. The van der Waals surface area contributed by atoms with Gasteiger partial charge in [-0.2, -0.15) is 4.31 Å². The molecule has 0 aliphatic carbocycles. The molecule has 1 heterocycles. The van der Waals surface area contributed by atoms with Gasteiger partial charge < -0.3 is 10.1 Å². The summed E-state index contributed by atoms with van der Waals surface area (Å²) in [4.78, 5) is 24.3. The van der Waals surface area contributed by atoms with Crippen LogP contribution in [0.4, 0.5) is 10.1 Å². The lowest BCUT2D eigenvalue weighted by molar-refractivity contribution is -0.119. The molecule has 0 unspecified atom stereocenters. The Balaban J connectivity index is 1.36. The van der Waals surface area contributed by atoms with Gasteiger partial charge in [-0.25, -0.2) is 17.6 Å². The Labute approximate surface area is 201 Å². The van der Waals surface area contributed by atoms with Crippen molar-refractivity contribution in [2.45, 2.75) is 17.9 Å². The summed E-state index contributed by atoms with van der Waals surface area (Å²) in [5, 5.41) is 2.46. The third-order valence-electron chi connectivity index (χ3n) is 5.36. The Morgan fingerprint density at radius 2 is 1.74 bits per heavy atom. The van der Waals surface area contributed by atoms with E-state index in [4.69, 9.17) is 16.3 Å². The quantitative estimate of drug-likeness (QED) is 0.514. The average Bonchev–Trinajstić information content (AvgIpc) is 2.84. The van der Waals surface area contributed by atoms with Crippen LogP contribution in [-0.2, 0) is 32.5 Å². The molecule has 4 rings (SSSR count). The van der Waals surface area contributed by atoms with Gasteiger partial charge in [0.15, 0.2) is 6.61 Å². The standard InChI is InChI=1S/C24H20ClFN2O5S/c25-19-7-10-22(21(26)13-19)27-23(29)15-33-24(30)17-5-8-20(9-6-17)34(31,32)28-12-11-16-3-1-2-4-18(16)14-28/h1-10,13H,11-12,14-15H2,(H,27,29). The van der Waals surface area contributed by atoms with Gasteiger partial charge in [-0.1, -0.05) is 35.9 Å². The van der Waals surface area contributed by atoms with Gasteiger partial charge in [0, 0.05) is 18.1 Å². The second kappa shape index (κ2) is 9.92. The first kappa shape index (κ1) is 23.9. The van der Waals surface area contributed by atoms with Gasteiger partial charge in [0.05, 0.1) is 16.1 Å². The Bertz CT molecular complexity index is 1350. The zero-order valence-electron chi connectivity index (χ0n) is 17.8. The molecule has 0 radical (unpaired) electrons. The number of carbonyl (C=O) groups excluding carboxylic acids is 2. The van der Waals surface area contributed by atoms with Gasteiger partial charge in [0.25, 0.3) is 5.91 Å². The highest BCUT2D eigenvalue weighted by atomic mass is 35.5.